The van der Waals surface area contributed by atoms with Crippen molar-refractivity contribution in [2.24, 2.45) is 4.99 Å². The highest BCUT2D eigenvalue weighted by Gasteiger charge is 2.20. The number of fused-ring (bicyclic) bond motifs is 1. The second kappa shape index (κ2) is 9.62. The van der Waals surface area contributed by atoms with Crippen molar-refractivity contribution in [2.75, 3.05) is 0 Å². The van der Waals surface area contributed by atoms with E-state index in [4.69, 9.17) is 16.3 Å². The Bertz CT molecular complexity index is 1620. The number of hydrogen-bond acceptors (Lipinski definition) is 8. The highest BCUT2D eigenvalue weighted by Crippen LogP contribution is 2.27. The molecule has 0 fully saturated rings. The van der Waals surface area contributed by atoms with E-state index in [1.54, 1.807) is 18.5 Å². The Morgan fingerprint density at radius 1 is 1.17 bits per heavy atom. The van der Waals surface area contributed by atoms with E-state index in [0.717, 1.165) is 36.3 Å². The molecule has 0 saturated heterocycles. The van der Waals surface area contributed by atoms with Crippen molar-refractivity contribution in [3.63, 3.8) is 0 Å². The van der Waals surface area contributed by atoms with Gasteiger partial charge in [-0.15, -0.1) is 0 Å². The molecule has 1 aromatic carbocycles. The average molecular weight is 527 g/mol. The summed E-state index contributed by atoms with van der Waals surface area (Å²) >= 11 is 6.97. The van der Waals surface area contributed by atoms with Crippen LogP contribution in [-0.2, 0) is 29.2 Å². The quantitative estimate of drug-likeness (QED) is 0.479. The molecule has 0 amide bonds. The lowest BCUT2D eigenvalue weighted by Gasteiger charge is -2.16. The van der Waals surface area contributed by atoms with Crippen molar-refractivity contribution in [2.45, 2.75) is 52.4 Å². The zero-order valence-corrected chi connectivity index (χ0v) is 20.2. The van der Waals surface area contributed by atoms with Crippen molar-refractivity contribution in [1.29, 1.82) is 0 Å². The van der Waals surface area contributed by atoms with E-state index in [0.29, 0.717) is 22.2 Å². The number of halogens is 2. The fourth-order valence-electron chi connectivity index (χ4n) is 3.59. The van der Waals surface area contributed by atoms with Crippen LogP contribution in [0.1, 0.15) is 26.7 Å². The van der Waals surface area contributed by atoms with Crippen molar-refractivity contribution < 1.29 is 13.9 Å². The smallest absolute Gasteiger partial charge is 0.341 e. The Morgan fingerprint density at radius 3 is 2.54 bits per heavy atom. The molecule has 4 rings (SSSR count). The van der Waals surface area contributed by atoms with Gasteiger partial charge in [-0.05, 0) is 50.2 Å². The van der Waals surface area contributed by atoms with Crippen molar-refractivity contribution in [3.8, 4) is 5.69 Å². The molecule has 12 nitrogen and oxygen atoms in total. The first-order valence-corrected chi connectivity index (χ1v) is 11.8. The van der Waals surface area contributed by atoms with Gasteiger partial charge in [0.15, 0.2) is 5.82 Å². The minimum absolute atomic E-state index is 0.240. The van der Waals surface area contributed by atoms with Gasteiger partial charge in [0.05, 0.1) is 16.8 Å². The highest BCUT2D eigenvalue weighted by atomic mass is 35.5. The van der Waals surface area contributed by atoms with Gasteiger partial charge in [0.25, 0.3) is 0 Å². The predicted octanol–water partition coefficient (Wildman–Crippen LogP) is 0.482. The Kier molecular flexibility index (Phi) is 6.76. The van der Waals surface area contributed by atoms with Gasteiger partial charge >= 0.3 is 27.9 Å². The van der Waals surface area contributed by atoms with Gasteiger partial charge < -0.3 is 4.74 Å². The first kappa shape index (κ1) is 24.6. The fourth-order valence-corrected chi connectivity index (χ4v) is 4.72. The highest BCUT2D eigenvalue weighted by molar-refractivity contribution is 7.06. The van der Waals surface area contributed by atoms with Crippen LogP contribution in [0.15, 0.2) is 36.3 Å². The lowest BCUT2D eigenvalue weighted by Crippen LogP contribution is -2.50. The zero-order valence-electron chi connectivity index (χ0n) is 18.6. The molecule has 0 radical (unpaired) electrons. The Balaban J connectivity index is 1.88. The summed E-state index contributed by atoms with van der Waals surface area (Å²) in [5.41, 5.74) is -4.00. The number of rotatable bonds is 5. The Hall–Kier alpha value is -3.52. The third kappa shape index (κ3) is 4.84. The van der Waals surface area contributed by atoms with E-state index < -0.39 is 41.5 Å². The van der Waals surface area contributed by atoms with Gasteiger partial charge in [0.1, 0.15) is 12.2 Å². The van der Waals surface area contributed by atoms with E-state index in [9.17, 15) is 28.4 Å². The van der Waals surface area contributed by atoms with Crippen LogP contribution in [0.3, 0.4) is 0 Å². The molecule has 2 aromatic heterocycles. The molecule has 0 bridgehead atoms. The molecule has 186 valence electrons. The maximum Gasteiger partial charge on any atom is 0.341 e. The average Bonchev–Trinajstić information content (AvgIpc) is 3.09. The summed E-state index contributed by atoms with van der Waals surface area (Å²) in [6.45, 7) is 3.46. The summed E-state index contributed by atoms with van der Waals surface area (Å²) in [6.07, 6.45) is 1.16. The summed E-state index contributed by atoms with van der Waals surface area (Å²) in [5, 5.41) is -0.316. The summed E-state index contributed by atoms with van der Waals surface area (Å²) in [7, 11) is 0. The summed E-state index contributed by atoms with van der Waals surface area (Å²) in [5.74, 6) is -1.72. The molecular formula is C20H20ClFN6O6S. The minimum Gasteiger partial charge on any atom is -0.462 e. The van der Waals surface area contributed by atoms with E-state index >= 15 is 0 Å². The number of nitrogens with one attached hydrogen (secondary N) is 1. The van der Waals surface area contributed by atoms with Gasteiger partial charge in [-0.1, -0.05) is 11.6 Å². The number of nitrogens with zero attached hydrogens (tertiary/aromatic N) is 5. The van der Waals surface area contributed by atoms with Gasteiger partial charge in [-0.3, -0.25) is 19.3 Å². The van der Waals surface area contributed by atoms with Crippen LogP contribution in [-0.4, -0.2) is 35.6 Å². The molecular weight excluding hydrogens is 507 g/mol. The van der Waals surface area contributed by atoms with E-state index in [-0.39, 0.29) is 26.1 Å². The molecule has 3 aromatic rings. The third-order valence-corrected chi connectivity index (χ3v) is 6.28. The summed E-state index contributed by atoms with van der Waals surface area (Å²) < 4.78 is 23.8. The summed E-state index contributed by atoms with van der Waals surface area (Å²) in [4.78, 5) is 68.1. The van der Waals surface area contributed by atoms with Crippen molar-refractivity contribution in [3.05, 3.63) is 68.9 Å². The van der Waals surface area contributed by atoms with Crippen LogP contribution in [0.5, 0.6) is 0 Å². The van der Waals surface area contributed by atoms with Crippen LogP contribution in [0.2, 0.25) is 5.02 Å². The number of H-pyrrole nitrogens is 1. The second-order valence-corrected chi connectivity index (χ2v) is 9.27. The minimum atomic E-state index is -1.18. The molecule has 0 spiro atoms. The molecule has 15 heteroatoms. The Labute approximate surface area is 204 Å². The second-order valence-electron chi connectivity index (χ2n) is 7.95. The van der Waals surface area contributed by atoms with E-state index in [1.807, 2.05) is 4.98 Å². The zero-order chi connectivity index (χ0) is 25.4. The molecule has 0 aliphatic carbocycles. The molecule has 1 aliphatic rings. The number of ether oxygens (including phenoxy) is 1. The largest absolute Gasteiger partial charge is 0.462 e. The molecule has 3 heterocycles. The van der Waals surface area contributed by atoms with Crippen LogP contribution in [0.4, 0.5) is 10.1 Å². The van der Waals surface area contributed by atoms with Crippen LogP contribution >= 0.6 is 22.9 Å². The summed E-state index contributed by atoms with van der Waals surface area (Å²) in [6, 6.07) is 1.92. The third-order valence-electron chi connectivity index (χ3n) is 5.10. The molecule has 0 unspecified atom stereocenters. The predicted molar refractivity (Wildman–Crippen MR) is 124 cm³/mol. The monoisotopic (exact) mass is 526 g/mol. The van der Waals surface area contributed by atoms with Gasteiger partial charge in [-0.2, -0.15) is 0 Å². The molecule has 1 N–H and O–H groups in total. The number of carbonyl (C=O) groups excluding carboxylic acids is 1. The number of esters is 1. The van der Waals surface area contributed by atoms with E-state index in [1.165, 1.54) is 4.68 Å². The van der Waals surface area contributed by atoms with Crippen LogP contribution in [0, 0.1) is 5.82 Å². The molecule has 0 atom stereocenters. The number of aromatic nitrogens is 5. The molecule has 35 heavy (non-hydrogen) atoms. The topological polar surface area (TPSA) is 142 Å². The molecule has 0 saturated carbocycles. The lowest BCUT2D eigenvalue weighted by molar-refractivity contribution is -0.148. The van der Waals surface area contributed by atoms with Gasteiger partial charge in [0, 0.05) is 13.1 Å². The first-order valence-electron chi connectivity index (χ1n) is 10.6. The number of carbonyl (C=O) groups is 1. The number of aromatic amines is 1. The SMILES string of the molecule is CC(C)OC(=O)Cn1c(=O)[nH]c(=O)n(-c2cc(N=c3sc(=O)n4n3CCCC4)c(F)cc2Cl)c1=O. The number of benzene rings is 1. The molecule has 1 aliphatic heterocycles. The maximum atomic E-state index is 14.8. The normalized spacial score (nSPS) is 13.8. The van der Waals surface area contributed by atoms with Crippen LogP contribution in [0.25, 0.3) is 5.69 Å². The van der Waals surface area contributed by atoms with Crippen molar-refractivity contribution in [1.82, 2.24) is 23.5 Å². The van der Waals surface area contributed by atoms with Crippen molar-refractivity contribution >= 4 is 34.6 Å². The van der Waals surface area contributed by atoms with Gasteiger partial charge in [0.2, 0.25) is 4.80 Å². The van der Waals surface area contributed by atoms with Crippen LogP contribution < -0.4 is 26.7 Å². The first-order chi connectivity index (χ1) is 16.6. The standard InChI is InChI=1S/C20H20ClFN6O6S/c1-10(2)34-15(29)9-25-16(30)24-17(31)28(19(25)32)14-8-13(12(22)7-11(14)21)23-18-26-5-3-4-6-27(26)20(33)35-18/h7-8,10H,3-6,9H2,1-2H3,(H,24,30,31). The fraction of sp³-hybridized carbons (Fsp3) is 0.400. The maximum absolute atomic E-state index is 14.8. The Morgan fingerprint density at radius 2 is 1.86 bits per heavy atom. The lowest BCUT2D eigenvalue weighted by atomic mass is 10.2. The van der Waals surface area contributed by atoms with E-state index in [2.05, 4.69) is 4.99 Å². The number of hydrogen-bond donors (Lipinski definition) is 1. The van der Waals surface area contributed by atoms with Gasteiger partial charge in [-0.25, -0.2) is 37.6 Å².